The summed E-state index contributed by atoms with van der Waals surface area (Å²) in [5, 5.41) is 0. The van der Waals surface area contributed by atoms with Crippen LogP contribution in [0.3, 0.4) is 0 Å². The molecule has 0 aromatic carbocycles. The van der Waals surface area contributed by atoms with E-state index >= 15 is 0 Å². The van der Waals surface area contributed by atoms with Gasteiger partial charge in [-0.1, -0.05) is 6.92 Å². The van der Waals surface area contributed by atoms with Gasteiger partial charge in [0.15, 0.2) is 0 Å². The van der Waals surface area contributed by atoms with Crippen molar-refractivity contribution in [3.8, 4) is 0 Å². The molecule has 1 atom stereocenters. The first-order valence-corrected chi connectivity index (χ1v) is 6.34. The quantitative estimate of drug-likeness (QED) is 0.883. The monoisotopic (exact) mass is 235 g/mol. The Labute approximate surface area is 100 Å². The maximum atomic E-state index is 6.21. The van der Waals surface area contributed by atoms with Gasteiger partial charge < -0.3 is 10.2 Å². The van der Waals surface area contributed by atoms with Crippen molar-refractivity contribution < 1.29 is 4.42 Å². The van der Waals surface area contributed by atoms with Gasteiger partial charge in [0.2, 0.25) is 0 Å². The van der Waals surface area contributed by atoms with Gasteiger partial charge in [-0.3, -0.25) is 0 Å². The van der Waals surface area contributed by atoms with E-state index in [0.29, 0.717) is 0 Å². The summed E-state index contributed by atoms with van der Waals surface area (Å²) in [6, 6.07) is 6.00. The number of hydrogen-bond acceptors (Lipinski definition) is 3. The van der Waals surface area contributed by atoms with Crippen LogP contribution in [0.2, 0.25) is 0 Å². The van der Waals surface area contributed by atoms with E-state index in [4.69, 9.17) is 10.2 Å². The Bertz CT molecular complexity index is 484. The molecule has 16 heavy (non-hydrogen) atoms. The third-order valence-electron chi connectivity index (χ3n) is 2.75. The van der Waals surface area contributed by atoms with Gasteiger partial charge in [-0.05, 0) is 37.6 Å². The summed E-state index contributed by atoms with van der Waals surface area (Å²) >= 11 is 1.78. The van der Waals surface area contributed by atoms with Gasteiger partial charge in [-0.25, -0.2) is 0 Å². The zero-order valence-electron chi connectivity index (χ0n) is 9.91. The molecule has 2 rings (SSSR count). The molecule has 1 unspecified atom stereocenters. The minimum Gasteiger partial charge on any atom is -0.464 e. The number of hydrogen-bond donors (Lipinski definition) is 1. The molecule has 0 bridgehead atoms. The highest BCUT2D eigenvalue weighted by Gasteiger charge is 2.16. The molecule has 2 N–H and O–H groups in total. The highest BCUT2D eigenvalue weighted by Crippen LogP contribution is 2.29. The van der Waals surface area contributed by atoms with Crippen LogP contribution in [0.15, 0.2) is 22.6 Å². The first kappa shape index (κ1) is 11.4. The molecule has 0 spiro atoms. The fourth-order valence-electron chi connectivity index (χ4n) is 1.86. The molecule has 0 fully saturated rings. The predicted octanol–water partition coefficient (Wildman–Crippen LogP) is 3.57. The Kier molecular flexibility index (Phi) is 3.17. The Hall–Kier alpha value is -1.06. The Morgan fingerprint density at radius 3 is 2.62 bits per heavy atom. The largest absolute Gasteiger partial charge is 0.464 e. The molecule has 0 amide bonds. The second-order valence-electron chi connectivity index (χ2n) is 4.00. The van der Waals surface area contributed by atoms with Crippen molar-refractivity contribution in [2.45, 2.75) is 33.2 Å². The highest BCUT2D eigenvalue weighted by atomic mass is 32.1. The van der Waals surface area contributed by atoms with Gasteiger partial charge in [-0.2, -0.15) is 0 Å². The molecule has 2 aromatic rings. The van der Waals surface area contributed by atoms with E-state index in [1.807, 2.05) is 12.1 Å². The molecule has 2 aromatic heterocycles. The fourth-order valence-corrected chi connectivity index (χ4v) is 2.84. The zero-order chi connectivity index (χ0) is 11.7. The third kappa shape index (κ3) is 2.06. The van der Waals surface area contributed by atoms with Crippen LogP contribution in [-0.2, 0) is 6.42 Å². The number of rotatable bonds is 3. The normalized spacial score (nSPS) is 13.0. The zero-order valence-corrected chi connectivity index (χ0v) is 10.7. The molecule has 0 aliphatic rings. The van der Waals surface area contributed by atoms with Crippen LogP contribution < -0.4 is 5.73 Å². The third-order valence-corrected chi connectivity index (χ3v) is 3.73. The van der Waals surface area contributed by atoms with Crippen molar-refractivity contribution in [2.24, 2.45) is 5.73 Å². The average Bonchev–Trinajstić information content (AvgIpc) is 2.84. The Morgan fingerprint density at radius 2 is 2.12 bits per heavy atom. The average molecular weight is 235 g/mol. The summed E-state index contributed by atoms with van der Waals surface area (Å²) in [5.74, 6) is 1.85. The number of aryl methyl sites for hydroxylation is 3. The maximum Gasteiger partial charge on any atom is 0.125 e. The number of furan rings is 1. The summed E-state index contributed by atoms with van der Waals surface area (Å²) in [5.41, 5.74) is 7.39. The van der Waals surface area contributed by atoms with Crippen LogP contribution in [0.1, 0.15) is 39.8 Å². The van der Waals surface area contributed by atoms with Gasteiger partial charge in [0, 0.05) is 16.2 Å². The van der Waals surface area contributed by atoms with E-state index in [1.165, 1.54) is 15.3 Å². The van der Waals surface area contributed by atoms with Crippen LogP contribution in [0.4, 0.5) is 0 Å². The molecule has 0 radical (unpaired) electrons. The van der Waals surface area contributed by atoms with Crippen molar-refractivity contribution in [3.05, 3.63) is 45.0 Å². The SMILES string of the molecule is CCc1ccc(C(N)c2cc(C)sc2C)o1. The van der Waals surface area contributed by atoms with Crippen LogP contribution >= 0.6 is 11.3 Å². The van der Waals surface area contributed by atoms with Gasteiger partial charge >= 0.3 is 0 Å². The van der Waals surface area contributed by atoms with Gasteiger partial charge in [-0.15, -0.1) is 11.3 Å². The first-order chi connectivity index (χ1) is 7.61. The van der Waals surface area contributed by atoms with Crippen molar-refractivity contribution in [1.82, 2.24) is 0 Å². The van der Waals surface area contributed by atoms with Crippen LogP contribution in [0.5, 0.6) is 0 Å². The van der Waals surface area contributed by atoms with E-state index in [0.717, 1.165) is 17.9 Å². The predicted molar refractivity (Wildman–Crippen MR) is 67.9 cm³/mol. The van der Waals surface area contributed by atoms with Crippen molar-refractivity contribution in [2.75, 3.05) is 0 Å². The minimum absolute atomic E-state index is 0.134. The topological polar surface area (TPSA) is 39.2 Å². The van der Waals surface area contributed by atoms with E-state index in [1.54, 1.807) is 11.3 Å². The summed E-state index contributed by atoms with van der Waals surface area (Å²) in [6.45, 7) is 6.29. The molecule has 0 saturated carbocycles. The number of thiophene rings is 1. The summed E-state index contributed by atoms with van der Waals surface area (Å²) in [4.78, 5) is 2.57. The van der Waals surface area contributed by atoms with E-state index < -0.39 is 0 Å². The second-order valence-corrected chi connectivity index (χ2v) is 5.46. The lowest BCUT2D eigenvalue weighted by Gasteiger charge is -2.08. The van der Waals surface area contributed by atoms with Gasteiger partial charge in [0.25, 0.3) is 0 Å². The van der Waals surface area contributed by atoms with Gasteiger partial charge in [0.05, 0.1) is 6.04 Å². The van der Waals surface area contributed by atoms with E-state index in [2.05, 4.69) is 26.8 Å². The van der Waals surface area contributed by atoms with E-state index in [-0.39, 0.29) is 6.04 Å². The Morgan fingerprint density at radius 1 is 1.38 bits per heavy atom. The highest BCUT2D eigenvalue weighted by molar-refractivity contribution is 7.12. The molecule has 86 valence electrons. The molecule has 2 heterocycles. The molecule has 0 saturated heterocycles. The van der Waals surface area contributed by atoms with Gasteiger partial charge in [0.1, 0.15) is 11.5 Å². The lowest BCUT2D eigenvalue weighted by atomic mass is 10.1. The smallest absolute Gasteiger partial charge is 0.125 e. The first-order valence-electron chi connectivity index (χ1n) is 5.53. The molecule has 0 aliphatic carbocycles. The lowest BCUT2D eigenvalue weighted by molar-refractivity contribution is 0.454. The van der Waals surface area contributed by atoms with Crippen molar-refractivity contribution in [3.63, 3.8) is 0 Å². The Balaban J connectivity index is 2.31. The van der Waals surface area contributed by atoms with Crippen LogP contribution in [0.25, 0.3) is 0 Å². The maximum absolute atomic E-state index is 6.21. The van der Waals surface area contributed by atoms with Crippen LogP contribution in [-0.4, -0.2) is 0 Å². The molecular weight excluding hydrogens is 218 g/mol. The lowest BCUT2D eigenvalue weighted by Crippen LogP contribution is -2.10. The summed E-state index contributed by atoms with van der Waals surface area (Å²) < 4.78 is 5.69. The molecular formula is C13H17NOS. The molecule has 3 heteroatoms. The van der Waals surface area contributed by atoms with Crippen LogP contribution in [0, 0.1) is 13.8 Å². The fraction of sp³-hybridized carbons (Fsp3) is 0.385. The standard InChI is InChI=1S/C13H17NOS/c1-4-10-5-6-12(15-10)13(14)11-7-8(2)16-9(11)3/h5-7,13H,4,14H2,1-3H3. The van der Waals surface area contributed by atoms with Crippen molar-refractivity contribution >= 4 is 11.3 Å². The minimum atomic E-state index is -0.134. The summed E-state index contributed by atoms with van der Waals surface area (Å²) in [7, 11) is 0. The van der Waals surface area contributed by atoms with E-state index in [9.17, 15) is 0 Å². The summed E-state index contributed by atoms with van der Waals surface area (Å²) in [6.07, 6.45) is 0.911. The molecule has 2 nitrogen and oxygen atoms in total. The molecule has 0 aliphatic heterocycles. The second kappa shape index (κ2) is 4.44. The van der Waals surface area contributed by atoms with Crippen molar-refractivity contribution in [1.29, 1.82) is 0 Å². The number of nitrogens with two attached hydrogens (primary N) is 1.